The number of carbonyl (C=O) groups excluding carboxylic acids is 2. The van der Waals surface area contributed by atoms with Crippen molar-refractivity contribution in [1.29, 1.82) is 0 Å². The van der Waals surface area contributed by atoms with E-state index in [1.54, 1.807) is 19.1 Å². The first-order valence-corrected chi connectivity index (χ1v) is 8.85. The van der Waals surface area contributed by atoms with Gasteiger partial charge in [-0.05, 0) is 55.0 Å². The zero-order chi connectivity index (χ0) is 20.1. The summed E-state index contributed by atoms with van der Waals surface area (Å²) in [4.78, 5) is 25.6. The molecule has 8 heteroatoms. The number of nitrogens with zero attached hydrogens (tertiary/aromatic N) is 1. The van der Waals surface area contributed by atoms with Crippen LogP contribution in [0.5, 0.6) is 11.5 Å². The average molecular weight is 406 g/mol. The quantitative estimate of drug-likeness (QED) is 0.540. The standard InChI is InChI=1S/C20H17ClFNO5/c1-2-23(15-6-4-14(22)5-7-15)18(24)11-26-19(25)8-3-13-9-16(21)20-17(10-13)27-12-28-20/h3-10H,2,11-12H2,1H3/b8-3+. The zero-order valence-corrected chi connectivity index (χ0v) is 15.7. The van der Waals surface area contributed by atoms with Crippen LogP contribution in [0.2, 0.25) is 5.02 Å². The van der Waals surface area contributed by atoms with Crippen LogP contribution in [0, 0.1) is 5.82 Å². The zero-order valence-electron chi connectivity index (χ0n) is 15.0. The lowest BCUT2D eigenvalue weighted by Crippen LogP contribution is -2.34. The Morgan fingerprint density at radius 1 is 1.25 bits per heavy atom. The van der Waals surface area contributed by atoms with Gasteiger partial charge in [0.15, 0.2) is 18.1 Å². The monoisotopic (exact) mass is 405 g/mol. The Bertz CT molecular complexity index is 914. The van der Waals surface area contributed by atoms with Crippen LogP contribution in [0.1, 0.15) is 12.5 Å². The molecule has 0 atom stereocenters. The molecule has 0 aliphatic carbocycles. The number of hydrogen-bond acceptors (Lipinski definition) is 5. The van der Waals surface area contributed by atoms with E-state index in [1.165, 1.54) is 41.3 Å². The lowest BCUT2D eigenvalue weighted by atomic mass is 10.2. The number of esters is 1. The number of likely N-dealkylation sites (N-methyl/N-ethyl adjacent to an activating group) is 1. The van der Waals surface area contributed by atoms with Crippen molar-refractivity contribution in [3.8, 4) is 11.5 Å². The van der Waals surface area contributed by atoms with Crippen LogP contribution in [0.15, 0.2) is 42.5 Å². The van der Waals surface area contributed by atoms with E-state index in [9.17, 15) is 14.0 Å². The number of anilines is 1. The Kier molecular flexibility index (Phi) is 6.16. The normalized spacial score (nSPS) is 12.2. The molecule has 6 nitrogen and oxygen atoms in total. The Morgan fingerprint density at radius 2 is 2.00 bits per heavy atom. The van der Waals surface area contributed by atoms with Gasteiger partial charge >= 0.3 is 5.97 Å². The first-order valence-electron chi connectivity index (χ1n) is 8.48. The van der Waals surface area contributed by atoms with Gasteiger partial charge in [0.1, 0.15) is 5.82 Å². The molecule has 0 aromatic heterocycles. The van der Waals surface area contributed by atoms with Gasteiger partial charge in [-0.2, -0.15) is 0 Å². The fourth-order valence-corrected chi connectivity index (χ4v) is 2.90. The fraction of sp³-hybridized carbons (Fsp3) is 0.200. The van der Waals surface area contributed by atoms with Crippen LogP contribution in [-0.2, 0) is 14.3 Å². The molecule has 0 saturated carbocycles. The maximum absolute atomic E-state index is 13.0. The predicted molar refractivity (Wildman–Crippen MR) is 102 cm³/mol. The summed E-state index contributed by atoms with van der Waals surface area (Å²) in [6, 6.07) is 8.80. The molecule has 1 heterocycles. The number of ether oxygens (including phenoxy) is 3. The number of fused-ring (bicyclic) bond motifs is 1. The van der Waals surface area contributed by atoms with Crippen molar-refractivity contribution >= 4 is 35.2 Å². The summed E-state index contributed by atoms with van der Waals surface area (Å²) in [7, 11) is 0. The number of rotatable bonds is 6. The topological polar surface area (TPSA) is 65.1 Å². The third kappa shape index (κ3) is 4.61. The molecule has 1 aliphatic heterocycles. The minimum atomic E-state index is -0.683. The highest BCUT2D eigenvalue weighted by Crippen LogP contribution is 2.40. The summed E-state index contributed by atoms with van der Waals surface area (Å²) >= 11 is 6.08. The van der Waals surface area contributed by atoms with E-state index >= 15 is 0 Å². The third-order valence-corrected chi connectivity index (χ3v) is 4.24. The summed E-state index contributed by atoms with van der Waals surface area (Å²) in [5.74, 6) is -0.535. The Balaban J connectivity index is 1.57. The molecule has 0 N–H and O–H groups in total. The molecule has 0 spiro atoms. The Hall–Kier alpha value is -3.06. The van der Waals surface area contributed by atoms with E-state index in [2.05, 4.69) is 0 Å². The minimum absolute atomic E-state index is 0.0916. The highest BCUT2D eigenvalue weighted by molar-refractivity contribution is 6.32. The van der Waals surface area contributed by atoms with Gasteiger partial charge in [0.25, 0.3) is 5.91 Å². The summed E-state index contributed by atoms with van der Waals surface area (Å²) in [6.07, 6.45) is 2.69. The van der Waals surface area contributed by atoms with Gasteiger partial charge in [-0.3, -0.25) is 4.79 Å². The van der Waals surface area contributed by atoms with Crippen LogP contribution >= 0.6 is 11.6 Å². The lowest BCUT2D eigenvalue weighted by molar-refractivity contribution is -0.142. The maximum atomic E-state index is 13.0. The van der Waals surface area contributed by atoms with E-state index in [0.29, 0.717) is 34.3 Å². The highest BCUT2D eigenvalue weighted by Gasteiger charge is 2.18. The molecule has 0 unspecified atom stereocenters. The number of carbonyl (C=O) groups is 2. The first kappa shape index (κ1) is 19.7. The molecule has 3 rings (SSSR count). The van der Waals surface area contributed by atoms with E-state index in [1.807, 2.05) is 0 Å². The number of halogens is 2. The van der Waals surface area contributed by atoms with Crippen molar-refractivity contribution in [3.05, 3.63) is 58.9 Å². The molecule has 28 heavy (non-hydrogen) atoms. The van der Waals surface area contributed by atoms with Crippen molar-refractivity contribution in [2.24, 2.45) is 0 Å². The number of benzene rings is 2. The van der Waals surface area contributed by atoms with Gasteiger partial charge in [0.05, 0.1) is 5.02 Å². The van der Waals surface area contributed by atoms with Crippen molar-refractivity contribution in [2.75, 3.05) is 24.8 Å². The second kappa shape index (κ2) is 8.75. The first-order chi connectivity index (χ1) is 13.5. The van der Waals surface area contributed by atoms with E-state index in [0.717, 1.165) is 0 Å². The van der Waals surface area contributed by atoms with Crippen molar-refractivity contribution in [2.45, 2.75) is 6.92 Å². The SMILES string of the molecule is CCN(C(=O)COC(=O)/C=C/c1cc(Cl)c2c(c1)OCO2)c1ccc(F)cc1. The number of amides is 1. The van der Waals surface area contributed by atoms with E-state index in [4.69, 9.17) is 25.8 Å². The van der Waals surface area contributed by atoms with Gasteiger partial charge in [-0.1, -0.05) is 11.6 Å². The molecular weight excluding hydrogens is 389 g/mol. The summed E-state index contributed by atoms with van der Waals surface area (Å²) in [6.45, 7) is 1.78. The van der Waals surface area contributed by atoms with E-state index < -0.39 is 24.3 Å². The smallest absolute Gasteiger partial charge is 0.331 e. The van der Waals surface area contributed by atoms with Crippen LogP contribution in [0.4, 0.5) is 10.1 Å². The second-order valence-electron chi connectivity index (χ2n) is 5.79. The molecule has 0 saturated heterocycles. The minimum Gasteiger partial charge on any atom is -0.454 e. The van der Waals surface area contributed by atoms with Crippen LogP contribution in [0.3, 0.4) is 0 Å². The molecule has 146 valence electrons. The molecule has 2 aromatic rings. The molecule has 1 aliphatic rings. The largest absolute Gasteiger partial charge is 0.454 e. The van der Waals surface area contributed by atoms with Crippen LogP contribution in [0.25, 0.3) is 6.08 Å². The van der Waals surface area contributed by atoms with E-state index in [-0.39, 0.29) is 6.79 Å². The van der Waals surface area contributed by atoms with Gasteiger partial charge in [0.2, 0.25) is 6.79 Å². The summed E-state index contributed by atoms with van der Waals surface area (Å²) in [5, 5.41) is 0.371. The molecule has 0 fully saturated rings. The Labute approximate surface area is 166 Å². The van der Waals surface area contributed by atoms with Crippen LogP contribution < -0.4 is 14.4 Å². The molecule has 2 aromatic carbocycles. The molecule has 0 bridgehead atoms. The fourth-order valence-electron chi connectivity index (χ4n) is 2.63. The Morgan fingerprint density at radius 3 is 2.71 bits per heavy atom. The van der Waals surface area contributed by atoms with Gasteiger partial charge in [0, 0.05) is 18.3 Å². The van der Waals surface area contributed by atoms with Crippen molar-refractivity contribution in [1.82, 2.24) is 0 Å². The summed E-state index contributed by atoms with van der Waals surface area (Å²) < 4.78 is 28.5. The lowest BCUT2D eigenvalue weighted by Gasteiger charge is -2.20. The molecule has 1 amide bonds. The van der Waals surface area contributed by atoms with Crippen LogP contribution in [-0.4, -0.2) is 31.8 Å². The van der Waals surface area contributed by atoms with Crippen molar-refractivity contribution in [3.63, 3.8) is 0 Å². The summed E-state index contributed by atoms with van der Waals surface area (Å²) in [5.41, 5.74) is 1.15. The number of hydrogen-bond donors (Lipinski definition) is 0. The second-order valence-corrected chi connectivity index (χ2v) is 6.20. The van der Waals surface area contributed by atoms with Gasteiger partial charge < -0.3 is 19.1 Å². The van der Waals surface area contributed by atoms with Gasteiger partial charge in [-0.15, -0.1) is 0 Å². The predicted octanol–water partition coefficient (Wildman–Crippen LogP) is 3.82. The third-order valence-electron chi connectivity index (χ3n) is 3.95. The van der Waals surface area contributed by atoms with Gasteiger partial charge in [-0.25, -0.2) is 9.18 Å². The maximum Gasteiger partial charge on any atom is 0.331 e. The molecule has 0 radical (unpaired) electrons. The highest BCUT2D eigenvalue weighted by atomic mass is 35.5. The molecular formula is C20H17ClFNO5. The average Bonchev–Trinajstić information content (AvgIpc) is 3.16. The van der Waals surface area contributed by atoms with Crippen molar-refractivity contribution < 1.29 is 28.2 Å².